The van der Waals surface area contributed by atoms with Crippen LogP contribution in [0.15, 0.2) is 0 Å². The Morgan fingerprint density at radius 3 is 2.67 bits per heavy atom. The molecule has 0 bridgehead atoms. The van der Waals surface area contributed by atoms with E-state index in [1.54, 1.807) is 6.92 Å². The number of nitrogens with zero attached hydrogens (tertiary/aromatic N) is 1. The van der Waals surface area contributed by atoms with Crippen molar-refractivity contribution in [2.45, 2.75) is 46.6 Å². The minimum absolute atomic E-state index is 0.166. The summed E-state index contributed by atoms with van der Waals surface area (Å²) in [5, 5.41) is 0. The maximum atomic E-state index is 11.2. The van der Waals surface area contributed by atoms with E-state index in [4.69, 9.17) is 4.74 Å². The van der Waals surface area contributed by atoms with E-state index in [0.717, 1.165) is 25.9 Å². The molecule has 3 nitrogen and oxygen atoms in total. The second-order valence-electron chi connectivity index (χ2n) is 5.56. The Morgan fingerprint density at radius 2 is 2.13 bits per heavy atom. The van der Waals surface area contributed by atoms with Crippen molar-refractivity contribution >= 4 is 5.91 Å². The highest BCUT2D eigenvalue weighted by Crippen LogP contribution is 2.23. The smallest absolute Gasteiger partial charge is 0.219 e. The SMILES string of the molecule is CC(=O)N1CCO[C@H](CCC(C)(C)C)C1. The number of rotatable bonds is 2. The van der Waals surface area contributed by atoms with Gasteiger partial charge in [0.15, 0.2) is 0 Å². The molecule has 0 N–H and O–H groups in total. The molecule has 1 aliphatic heterocycles. The van der Waals surface area contributed by atoms with E-state index in [1.165, 1.54) is 0 Å². The maximum absolute atomic E-state index is 11.2. The van der Waals surface area contributed by atoms with E-state index in [1.807, 2.05) is 4.90 Å². The Kier molecular flexibility index (Phi) is 4.14. The summed E-state index contributed by atoms with van der Waals surface area (Å²) in [6.07, 6.45) is 2.43. The van der Waals surface area contributed by atoms with Gasteiger partial charge in [-0.05, 0) is 18.3 Å². The molecule has 15 heavy (non-hydrogen) atoms. The second-order valence-corrected chi connectivity index (χ2v) is 5.56. The Labute approximate surface area is 92.8 Å². The van der Waals surface area contributed by atoms with Gasteiger partial charge in [0.1, 0.15) is 0 Å². The molecule has 0 aliphatic carbocycles. The molecule has 0 spiro atoms. The molecule has 0 radical (unpaired) electrons. The third-order valence-electron chi connectivity index (χ3n) is 2.80. The monoisotopic (exact) mass is 213 g/mol. The number of amides is 1. The van der Waals surface area contributed by atoms with Gasteiger partial charge in [0.05, 0.1) is 12.7 Å². The number of hydrogen-bond acceptors (Lipinski definition) is 2. The molecule has 0 aromatic rings. The number of morpholine rings is 1. The highest BCUT2D eigenvalue weighted by atomic mass is 16.5. The summed E-state index contributed by atoms with van der Waals surface area (Å²) in [6, 6.07) is 0. The zero-order chi connectivity index (χ0) is 11.5. The average Bonchev–Trinajstić information content (AvgIpc) is 2.14. The summed E-state index contributed by atoms with van der Waals surface area (Å²) < 4.78 is 5.66. The summed E-state index contributed by atoms with van der Waals surface area (Å²) in [6.45, 7) is 10.5. The number of hydrogen-bond donors (Lipinski definition) is 0. The van der Waals surface area contributed by atoms with Crippen LogP contribution >= 0.6 is 0 Å². The molecule has 0 aromatic carbocycles. The van der Waals surface area contributed by atoms with Gasteiger partial charge in [-0.25, -0.2) is 0 Å². The first-order valence-corrected chi connectivity index (χ1v) is 5.75. The quantitative estimate of drug-likeness (QED) is 0.702. The number of ether oxygens (including phenoxy) is 1. The zero-order valence-corrected chi connectivity index (χ0v) is 10.4. The van der Waals surface area contributed by atoms with Gasteiger partial charge >= 0.3 is 0 Å². The van der Waals surface area contributed by atoms with Crippen molar-refractivity contribution in [2.24, 2.45) is 5.41 Å². The van der Waals surface area contributed by atoms with Crippen molar-refractivity contribution in [2.75, 3.05) is 19.7 Å². The molecule has 88 valence electrons. The van der Waals surface area contributed by atoms with E-state index < -0.39 is 0 Å². The van der Waals surface area contributed by atoms with Crippen molar-refractivity contribution in [3.63, 3.8) is 0 Å². The van der Waals surface area contributed by atoms with Gasteiger partial charge < -0.3 is 9.64 Å². The second kappa shape index (κ2) is 4.97. The lowest BCUT2D eigenvalue weighted by Gasteiger charge is -2.33. The average molecular weight is 213 g/mol. The fraction of sp³-hybridized carbons (Fsp3) is 0.917. The molecule has 0 saturated carbocycles. The van der Waals surface area contributed by atoms with E-state index in [9.17, 15) is 4.79 Å². The Hall–Kier alpha value is -0.570. The van der Waals surface area contributed by atoms with Gasteiger partial charge in [0.2, 0.25) is 5.91 Å². The van der Waals surface area contributed by atoms with Crippen LogP contribution in [0, 0.1) is 5.41 Å². The van der Waals surface area contributed by atoms with Crippen molar-refractivity contribution in [3.05, 3.63) is 0 Å². The van der Waals surface area contributed by atoms with Crippen molar-refractivity contribution < 1.29 is 9.53 Å². The maximum Gasteiger partial charge on any atom is 0.219 e. The van der Waals surface area contributed by atoms with E-state index >= 15 is 0 Å². The summed E-state index contributed by atoms with van der Waals surface area (Å²) in [4.78, 5) is 13.1. The topological polar surface area (TPSA) is 29.5 Å². The molecule has 1 amide bonds. The molecule has 1 rings (SSSR count). The highest BCUT2D eigenvalue weighted by molar-refractivity contribution is 5.73. The molecule has 0 aromatic heterocycles. The molecule has 3 heteroatoms. The lowest BCUT2D eigenvalue weighted by Crippen LogP contribution is -2.44. The third kappa shape index (κ3) is 4.65. The van der Waals surface area contributed by atoms with Crippen LogP contribution < -0.4 is 0 Å². The molecular weight excluding hydrogens is 190 g/mol. The highest BCUT2D eigenvalue weighted by Gasteiger charge is 2.23. The minimum atomic E-state index is 0.166. The summed E-state index contributed by atoms with van der Waals surface area (Å²) in [5.41, 5.74) is 0.349. The van der Waals surface area contributed by atoms with Crippen molar-refractivity contribution in [1.82, 2.24) is 4.90 Å². The fourth-order valence-corrected chi connectivity index (χ4v) is 1.77. The van der Waals surface area contributed by atoms with Crippen molar-refractivity contribution in [3.8, 4) is 0 Å². The van der Waals surface area contributed by atoms with Crippen LogP contribution in [0.1, 0.15) is 40.5 Å². The summed E-state index contributed by atoms with van der Waals surface area (Å²) in [7, 11) is 0. The predicted octanol–water partition coefficient (Wildman–Crippen LogP) is 2.06. The van der Waals surface area contributed by atoms with Crippen LogP contribution in [0.4, 0.5) is 0 Å². The van der Waals surface area contributed by atoms with Crippen LogP contribution in [-0.4, -0.2) is 36.6 Å². The standard InChI is InChI=1S/C12H23NO2/c1-10(14)13-7-8-15-11(9-13)5-6-12(2,3)4/h11H,5-9H2,1-4H3/t11-/m1/s1. The first kappa shape index (κ1) is 12.5. The largest absolute Gasteiger partial charge is 0.375 e. The molecule has 0 unspecified atom stereocenters. The third-order valence-corrected chi connectivity index (χ3v) is 2.80. The molecule has 1 saturated heterocycles. The van der Waals surface area contributed by atoms with E-state index in [-0.39, 0.29) is 12.0 Å². The molecular formula is C12H23NO2. The fourth-order valence-electron chi connectivity index (χ4n) is 1.77. The Bertz CT molecular complexity index is 220. The van der Waals surface area contributed by atoms with Crippen LogP contribution in [-0.2, 0) is 9.53 Å². The van der Waals surface area contributed by atoms with Crippen LogP contribution in [0.2, 0.25) is 0 Å². The van der Waals surface area contributed by atoms with Gasteiger partial charge in [0, 0.05) is 20.0 Å². The Morgan fingerprint density at radius 1 is 1.47 bits per heavy atom. The van der Waals surface area contributed by atoms with Crippen LogP contribution in [0.5, 0.6) is 0 Å². The van der Waals surface area contributed by atoms with Gasteiger partial charge in [-0.2, -0.15) is 0 Å². The zero-order valence-electron chi connectivity index (χ0n) is 10.4. The Balaban J connectivity index is 2.34. The minimum Gasteiger partial charge on any atom is -0.375 e. The normalized spacial score (nSPS) is 22.9. The lowest BCUT2D eigenvalue weighted by atomic mass is 9.89. The summed E-state index contributed by atoms with van der Waals surface area (Å²) >= 11 is 0. The molecule has 1 fully saturated rings. The molecule has 1 heterocycles. The molecule has 1 atom stereocenters. The van der Waals surface area contributed by atoms with E-state index in [0.29, 0.717) is 12.0 Å². The van der Waals surface area contributed by atoms with Gasteiger partial charge in [-0.1, -0.05) is 20.8 Å². The lowest BCUT2D eigenvalue weighted by molar-refractivity contribution is -0.136. The predicted molar refractivity (Wildman–Crippen MR) is 60.7 cm³/mol. The van der Waals surface area contributed by atoms with Gasteiger partial charge in [-0.15, -0.1) is 0 Å². The van der Waals surface area contributed by atoms with Crippen LogP contribution in [0.25, 0.3) is 0 Å². The molecule has 1 aliphatic rings. The van der Waals surface area contributed by atoms with Gasteiger partial charge in [0.25, 0.3) is 0 Å². The van der Waals surface area contributed by atoms with E-state index in [2.05, 4.69) is 20.8 Å². The number of carbonyl (C=O) groups is 1. The first-order chi connectivity index (χ1) is 6.88. The van der Waals surface area contributed by atoms with Crippen molar-refractivity contribution in [1.29, 1.82) is 0 Å². The van der Waals surface area contributed by atoms with Gasteiger partial charge in [-0.3, -0.25) is 4.79 Å². The number of carbonyl (C=O) groups excluding carboxylic acids is 1. The first-order valence-electron chi connectivity index (χ1n) is 5.75. The van der Waals surface area contributed by atoms with Crippen LogP contribution in [0.3, 0.4) is 0 Å². The summed E-state index contributed by atoms with van der Waals surface area (Å²) in [5.74, 6) is 0.166.